The second-order valence-corrected chi connectivity index (χ2v) is 11.7. The summed E-state index contributed by atoms with van der Waals surface area (Å²) in [5, 5.41) is 2.66. The Balaban J connectivity index is 1.94. The molecular formula is C31H30NP. The zero-order valence-electron chi connectivity index (χ0n) is 19.4. The Bertz CT molecular complexity index is 1270. The molecule has 5 rings (SSSR count). The van der Waals surface area contributed by atoms with Crippen LogP contribution in [0.1, 0.15) is 41.8 Å². The quantitative estimate of drug-likeness (QED) is 0.265. The van der Waals surface area contributed by atoms with Crippen molar-refractivity contribution < 1.29 is 0 Å². The molecule has 0 spiro atoms. The Kier molecular flexibility index (Phi) is 6.16. The SMILES string of the molecule is CCc1cccc(CC)c1N=P(c1ccccc1)(c1ccccc1)C1C=Cc2ccccc21. The van der Waals surface area contributed by atoms with E-state index in [0.717, 1.165) is 12.8 Å². The first-order valence-electron chi connectivity index (χ1n) is 11.9. The summed E-state index contributed by atoms with van der Waals surface area (Å²) in [6, 6.07) is 37.6. The van der Waals surface area contributed by atoms with E-state index in [-0.39, 0.29) is 5.66 Å². The van der Waals surface area contributed by atoms with Gasteiger partial charge in [-0.1, -0.05) is 129 Å². The number of fused-ring (bicyclic) bond motifs is 1. The molecule has 1 atom stereocenters. The summed E-state index contributed by atoms with van der Waals surface area (Å²) in [7, 11) is -2.24. The first-order valence-corrected chi connectivity index (χ1v) is 13.7. The van der Waals surface area contributed by atoms with Crippen LogP contribution < -0.4 is 10.6 Å². The summed E-state index contributed by atoms with van der Waals surface area (Å²) in [5.41, 5.74) is 6.78. The van der Waals surface area contributed by atoms with Gasteiger partial charge in [0.15, 0.2) is 0 Å². The van der Waals surface area contributed by atoms with Crippen LogP contribution in [0.2, 0.25) is 0 Å². The number of rotatable bonds is 6. The zero-order chi connectivity index (χ0) is 22.7. The van der Waals surface area contributed by atoms with E-state index in [1.165, 1.54) is 38.6 Å². The fourth-order valence-corrected chi connectivity index (χ4v) is 9.11. The molecule has 0 aromatic heterocycles. The van der Waals surface area contributed by atoms with Crippen LogP contribution in [-0.2, 0) is 12.8 Å². The second kappa shape index (κ2) is 9.38. The van der Waals surface area contributed by atoms with Crippen molar-refractivity contribution in [1.29, 1.82) is 0 Å². The molecular weight excluding hydrogens is 417 g/mol. The number of allylic oxidation sites excluding steroid dienone is 1. The van der Waals surface area contributed by atoms with E-state index in [1.54, 1.807) is 0 Å². The third-order valence-corrected chi connectivity index (χ3v) is 10.6. The molecule has 0 heterocycles. The number of hydrogen-bond acceptors (Lipinski definition) is 1. The molecule has 4 aromatic carbocycles. The minimum atomic E-state index is -2.24. The molecule has 0 N–H and O–H groups in total. The minimum absolute atomic E-state index is 0.216. The molecule has 0 aliphatic heterocycles. The van der Waals surface area contributed by atoms with Gasteiger partial charge in [0.25, 0.3) is 0 Å². The average molecular weight is 448 g/mol. The Hall–Kier alpha value is -3.15. The van der Waals surface area contributed by atoms with Crippen LogP contribution in [0.5, 0.6) is 0 Å². The van der Waals surface area contributed by atoms with Gasteiger partial charge in [-0.2, -0.15) is 0 Å². The summed E-state index contributed by atoms with van der Waals surface area (Å²) < 4.78 is 5.91. The lowest BCUT2D eigenvalue weighted by Gasteiger charge is -2.33. The molecule has 0 bridgehead atoms. The molecule has 0 fully saturated rings. The van der Waals surface area contributed by atoms with Crippen LogP contribution in [0.4, 0.5) is 5.69 Å². The predicted molar refractivity (Wildman–Crippen MR) is 145 cm³/mol. The fraction of sp³-hybridized carbons (Fsp3) is 0.161. The summed E-state index contributed by atoms with van der Waals surface area (Å²) >= 11 is 0. The largest absolute Gasteiger partial charge is 0.257 e. The molecule has 0 saturated carbocycles. The van der Waals surface area contributed by atoms with E-state index in [0.29, 0.717) is 0 Å². The summed E-state index contributed by atoms with van der Waals surface area (Å²) in [6.07, 6.45) is 6.66. The Morgan fingerprint density at radius 1 is 0.636 bits per heavy atom. The van der Waals surface area contributed by atoms with Gasteiger partial charge in [0.1, 0.15) is 0 Å². The highest BCUT2D eigenvalue weighted by Crippen LogP contribution is 2.64. The molecule has 1 nitrogen and oxygen atoms in total. The zero-order valence-corrected chi connectivity index (χ0v) is 20.3. The van der Waals surface area contributed by atoms with Crippen molar-refractivity contribution in [1.82, 2.24) is 0 Å². The van der Waals surface area contributed by atoms with Gasteiger partial charge in [0.05, 0.1) is 5.69 Å². The summed E-state index contributed by atoms with van der Waals surface area (Å²) in [6.45, 7) is 4.48. The molecule has 4 aromatic rings. The van der Waals surface area contributed by atoms with Gasteiger partial charge in [-0.05, 0) is 45.7 Å². The van der Waals surface area contributed by atoms with Crippen molar-refractivity contribution in [2.75, 3.05) is 0 Å². The smallest absolute Gasteiger partial charge is 0.0685 e. The van der Waals surface area contributed by atoms with Crippen molar-refractivity contribution in [3.05, 3.63) is 131 Å². The Labute approximate surface area is 197 Å². The lowest BCUT2D eigenvalue weighted by molar-refractivity contribution is 1.08. The molecule has 0 amide bonds. The number of hydrogen-bond donors (Lipinski definition) is 0. The molecule has 1 unspecified atom stereocenters. The van der Waals surface area contributed by atoms with E-state index < -0.39 is 7.05 Å². The van der Waals surface area contributed by atoms with E-state index in [2.05, 4.69) is 129 Å². The van der Waals surface area contributed by atoms with E-state index in [9.17, 15) is 0 Å². The van der Waals surface area contributed by atoms with Gasteiger partial charge in [-0.3, -0.25) is 4.74 Å². The van der Waals surface area contributed by atoms with Crippen molar-refractivity contribution in [2.24, 2.45) is 4.74 Å². The first-order chi connectivity index (χ1) is 16.3. The van der Waals surface area contributed by atoms with E-state index >= 15 is 0 Å². The van der Waals surface area contributed by atoms with E-state index in [1.807, 2.05) is 0 Å². The number of aryl methyl sites for hydroxylation is 2. The highest BCUT2D eigenvalue weighted by molar-refractivity contribution is 7.81. The van der Waals surface area contributed by atoms with Crippen LogP contribution in [0.25, 0.3) is 6.08 Å². The number of nitrogens with zero attached hydrogens (tertiary/aromatic N) is 1. The molecule has 0 radical (unpaired) electrons. The van der Waals surface area contributed by atoms with Gasteiger partial charge in [0, 0.05) is 12.7 Å². The molecule has 33 heavy (non-hydrogen) atoms. The van der Waals surface area contributed by atoms with Crippen LogP contribution in [0.3, 0.4) is 0 Å². The predicted octanol–water partition coefficient (Wildman–Crippen LogP) is 8.06. The van der Waals surface area contributed by atoms with Crippen molar-refractivity contribution in [2.45, 2.75) is 32.3 Å². The van der Waals surface area contributed by atoms with E-state index in [4.69, 9.17) is 4.74 Å². The lowest BCUT2D eigenvalue weighted by atomic mass is 10.0. The molecule has 164 valence electrons. The first kappa shape index (κ1) is 21.7. The lowest BCUT2D eigenvalue weighted by Crippen LogP contribution is -2.20. The van der Waals surface area contributed by atoms with Crippen LogP contribution >= 0.6 is 7.05 Å². The van der Waals surface area contributed by atoms with Crippen molar-refractivity contribution in [3.63, 3.8) is 0 Å². The molecule has 1 aliphatic rings. The maximum atomic E-state index is 5.91. The third-order valence-electron chi connectivity index (χ3n) is 6.70. The fourth-order valence-electron chi connectivity index (χ4n) is 5.02. The van der Waals surface area contributed by atoms with Gasteiger partial charge >= 0.3 is 0 Å². The van der Waals surface area contributed by atoms with Gasteiger partial charge in [-0.15, -0.1) is 0 Å². The maximum Gasteiger partial charge on any atom is 0.0685 e. The van der Waals surface area contributed by atoms with Crippen LogP contribution in [-0.4, -0.2) is 0 Å². The second-order valence-electron chi connectivity index (χ2n) is 8.52. The normalized spacial score (nSPS) is 14.8. The molecule has 2 heteroatoms. The highest BCUT2D eigenvalue weighted by Gasteiger charge is 2.37. The Morgan fingerprint density at radius 3 is 1.76 bits per heavy atom. The third kappa shape index (κ3) is 3.81. The Morgan fingerprint density at radius 2 is 1.18 bits per heavy atom. The highest BCUT2D eigenvalue weighted by atomic mass is 31.2. The van der Waals surface area contributed by atoms with Gasteiger partial charge < -0.3 is 0 Å². The molecule has 0 saturated heterocycles. The maximum absolute atomic E-state index is 5.91. The van der Waals surface area contributed by atoms with Crippen LogP contribution in [0.15, 0.2) is 114 Å². The average Bonchev–Trinajstić information content (AvgIpc) is 3.33. The monoisotopic (exact) mass is 447 g/mol. The van der Waals surface area contributed by atoms with Crippen LogP contribution in [0, 0.1) is 0 Å². The topological polar surface area (TPSA) is 12.4 Å². The minimum Gasteiger partial charge on any atom is -0.257 e. The number of benzene rings is 4. The summed E-state index contributed by atoms with van der Waals surface area (Å²) in [5.74, 6) is 0. The van der Waals surface area contributed by atoms with Crippen molar-refractivity contribution >= 4 is 29.4 Å². The van der Waals surface area contributed by atoms with Gasteiger partial charge in [-0.25, -0.2) is 0 Å². The summed E-state index contributed by atoms with van der Waals surface area (Å²) in [4.78, 5) is 0. The van der Waals surface area contributed by atoms with Gasteiger partial charge in [0.2, 0.25) is 0 Å². The molecule has 1 aliphatic carbocycles. The standard InChI is InChI=1S/C31H30NP/c1-3-24-15-13-16-25(4-2)31(24)32-33(27-17-7-5-8-18-27,28-19-9-6-10-20-28)30-23-22-26-14-11-12-21-29(26)30/h5-23,30H,3-4H2,1-2H3. The van der Waals surface area contributed by atoms with Crippen molar-refractivity contribution in [3.8, 4) is 0 Å².